The Kier molecular flexibility index (Phi) is 4.01. The fourth-order valence-electron chi connectivity index (χ4n) is 1.63. The molecule has 0 saturated carbocycles. The van der Waals surface area contributed by atoms with Gasteiger partial charge < -0.3 is 5.73 Å². The number of nitrogens with two attached hydrogens (primary N) is 1. The molecule has 0 atom stereocenters. The molecular formula is C13H12BrFN2O2S. The molecule has 0 aromatic heterocycles. The molecule has 106 valence electrons. The Morgan fingerprint density at radius 2 is 1.90 bits per heavy atom. The highest BCUT2D eigenvalue weighted by Crippen LogP contribution is 2.25. The van der Waals surface area contributed by atoms with Gasteiger partial charge in [-0.25, -0.2) is 12.8 Å². The van der Waals surface area contributed by atoms with Gasteiger partial charge >= 0.3 is 0 Å². The van der Waals surface area contributed by atoms with E-state index >= 15 is 0 Å². The van der Waals surface area contributed by atoms with E-state index in [0.717, 1.165) is 17.7 Å². The van der Waals surface area contributed by atoms with Crippen LogP contribution in [0, 0.1) is 12.7 Å². The Hall–Kier alpha value is -1.60. The van der Waals surface area contributed by atoms with Gasteiger partial charge in [0.05, 0.1) is 5.69 Å². The lowest BCUT2D eigenvalue weighted by atomic mass is 10.2. The lowest BCUT2D eigenvalue weighted by molar-refractivity contribution is 0.570. The fourth-order valence-corrected chi connectivity index (χ4v) is 3.23. The monoisotopic (exact) mass is 358 g/mol. The summed E-state index contributed by atoms with van der Waals surface area (Å²) >= 11 is 3.26. The number of nitrogen functional groups attached to an aromatic ring is 1. The van der Waals surface area contributed by atoms with Crippen LogP contribution >= 0.6 is 15.9 Å². The third-order valence-corrected chi connectivity index (χ3v) is 4.56. The maximum Gasteiger partial charge on any atom is 0.264 e. The van der Waals surface area contributed by atoms with Gasteiger partial charge in [0.1, 0.15) is 10.7 Å². The molecule has 0 fully saturated rings. The van der Waals surface area contributed by atoms with Crippen molar-refractivity contribution in [3.8, 4) is 0 Å². The Morgan fingerprint density at radius 1 is 1.20 bits per heavy atom. The van der Waals surface area contributed by atoms with Crippen LogP contribution in [0.15, 0.2) is 45.8 Å². The van der Waals surface area contributed by atoms with E-state index < -0.39 is 20.7 Å². The molecule has 0 amide bonds. The molecule has 7 heteroatoms. The fraction of sp³-hybridized carbons (Fsp3) is 0.0769. The van der Waals surface area contributed by atoms with Crippen molar-refractivity contribution in [1.29, 1.82) is 0 Å². The SMILES string of the molecule is Cc1ccc(Br)cc1NS(=O)(=O)c1cc(N)ccc1F. The highest BCUT2D eigenvalue weighted by molar-refractivity contribution is 9.10. The maximum absolute atomic E-state index is 13.7. The Balaban J connectivity index is 2.46. The van der Waals surface area contributed by atoms with Crippen LogP contribution in [0.2, 0.25) is 0 Å². The van der Waals surface area contributed by atoms with E-state index in [4.69, 9.17) is 5.73 Å². The van der Waals surface area contributed by atoms with E-state index in [-0.39, 0.29) is 5.69 Å². The van der Waals surface area contributed by atoms with E-state index in [0.29, 0.717) is 10.2 Å². The summed E-state index contributed by atoms with van der Waals surface area (Å²) in [7, 11) is -4.03. The van der Waals surface area contributed by atoms with E-state index in [1.54, 1.807) is 25.1 Å². The van der Waals surface area contributed by atoms with E-state index in [1.165, 1.54) is 6.07 Å². The highest BCUT2D eigenvalue weighted by Gasteiger charge is 2.20. The van der Waals surface area contributed by atoms with E-state index in [1.807, 2.05) is 0 Å². The van der Waals surface area contributed by atoms with Gasteiger partial charge in [-0.2, -0.15) is 0 Å². The van der Waals surface area contributed by atoms with Gasteiger partial charge in [-0.3, -0.25) is 4.72 Å². The lowest BCUT2D eigenvalue weighted by Gasteiger charge is -2.12. The maximum atomic E-state index is 13.7. The molecule has 2 rings (SSSR count). The Labute approximate surface area is 125 Å². The number of benzene rings is 2. The molecule has 20 heavy (non-hydrogen) atoms. The predicted molar refractivity (Wildman–Crippen MR) is 80.5 cm³/mol. The van der Waals surface area contributed by atoms with Crippen LogP contribution in [0.3, 0.4) is 0 Å². The van der Waals surface area contributed by atoms with Crippen molar-refractivity contribution in [1.82, 2.24) is 0 Å². The van der Waals surface area contributed by atoms with Crippen LogP contribution < -0.4 is 10.5 Å². The van der Waals surface area contributed by atoms with Crippen molar-refractivity contribution in [2.24, 2.45) is 0 Å². The zero-order valence-corrected chi connectivity index (χ0v) is 12.9. The van der Waals surface area contributed by atoms with Crippen LogP contribution in [0.1, 0.15) is 5.56 Å². The summed E-state index contributed by atoms with van der Waals surface area (Å²) in [5, 5.41) is 0. The molecule has 0 heterocycles. The largest absolute Gasteiger partial charge is 0.399 e. The number of rotatable bonds is 3. The lowest BCUT2D eigenvalue weighted by Crippen LogP contribution is -2.15. The first-order chi connectivity index (χ1) is 9.29. The third kappa shape index (κ3) is 3.10. The van der Waals surface area contributed by atoms with Crippen LogP contribution in [0.4, 0.5) is 15.8 Å². The Bertz CT molecular complexity index is 763. The van der Waals surface area contributed by atoms with Crippen LogP contribution in [-0.4, -0.2) is 8.42 Å². The van der Waals surface area contributed by atoms with E-state index in [2.05, 4.69) is 20.7 Å². The standard InChI is InChI=1S/C13H12BrFN2O2S/c1-8-2-3-9(14)6-12(8)17-20(18,19)13-7-10(16)4-5-11(13)15/h2-7,17H,16H2,1H3. The van der Waals surface area contributed by atoms with Gasteiger partial charge in [-0.05, 0) is 42.8 Å². The topological polar surface area (TPSA) is 72.2 Å². The smallest absolute Gasteiger partial charge is 0.264 e. The molecule has 4 nitrogen and oxygen atoms in total. The number of sulfonamides is 1. The van der Waals surface area contributed by atoms with Gasteiger partial charge in [-0.15, -0.1) is 0 Å². The first kappa shape index (κ1) is 14.8. The van der Waals surface area contributed by atoms with Crippen molar-refractivity contribution < 1.29 is 12.8 Å². The van der Waals surface area contributed by atoms with Crippen LogP contribution in [-0.2, 0) is 10.0 Å². The Morgan fingerprint density at radius 3 is 2.60 bits per heavy atom. The summed E-state index contributed by atoms with van der Waals surface area (Å²) in [4.78, 5) is -0.475. The molecule has 0 aliphatic rings. The summed E-state index contributed by atoms with van der Waals surface area (Å²) in [6.45, 7) is 1.75. The minimum Gasteiger partial charge on any atom is -0.399 e. The summed E-state index contributed by atoms with van der Waals surface area (Å²) < 4.78 is 41.2. The van der Waals surface area contributed by atoms with Gasteiger partial charge in [0.2, 0.25) is 0 Å². The molecule has 0 aliphatic heterocycles. The van der Waals surface area contributed by atoms with Crippen molar-refractivity contribution in [3.05, 3.63) is 52.3 Å². The van der Waals surface area contributed by atoms with E-state index in [9.17, 15) is 12.8 Å². The molecule has 2 aromatic carbocycles. The molecule has 0 aliphatic carbocycles. The number of anilines is 2. The second kappa shape index (κ2) is 5.41. The van der Waals surface area contributed by atoms with Gasteiger partial charge in [0.25, 0.3) is 10.0 Å². The first-order valence-corrected chi connectivity index (χ1v) is 7.91. The van der Waals surface area contributed by atoms with Gasteiger partial charge in [-0.1, -0.05) is 22.0 Å². The number of halogens is 2. The van der Waals surface area contributed by atoms with Crippen LogP contribution in [0.25, 0.3) is 0 Å². The molecule has 0 unspecified atom stereocenters. The number of nitrogens with one attached hydrogen (secondary N) is 1. The average molecular weight is 359 g/mol. The average Bonchev–Trinajstić information content (AvgIpc) is 2.36. The first-order valence-electron chi connectivity index (χ1n) is 5.63. The highest BCUT2D eigenvalue weighted by atomic mass is 79.9. The van der Waals surface area contributed by atoms with Gasteiger partial charge in [0.15, 0.2) is 0 Å². The van der Waals surface area contributed by atoms with Gasteiger partial charge in [0, 0.05) is 10.2 Å². The number of hydrogen-bond acceptors (Lipinski definition) is 3. The van der Waals surface area contributed by atoms with Crippen LogP contribution in [0.5, 0.6) is 0 Å². The molecule has 0 radical (unpaired) electrons. The zero-order chi connectivity index (χ0) is 14.9. The molecule has 2 aromatic rings. The molecule has 0 spiro atoms. The molecule has 0 saturated heterocycles. The molecular weight excluding hydrogens is 347 g/mol. The predicted octanol–water partition coefficient (Wildman–Crippen LogP) is 3.28. The number of hydrogen-bond donors (Lipinski definition) is 2. The second-order valence-electron chi connectivity index (χ2n) is 4.25. The zero-order valence-electron chi connectivity index (χ0n) is 10.5. The minimum absolute atomic E-state index is 0.178. The third-order valence-electron chi connectivity index (χ3n) is 2.69. The normalized spacial score (nSPS) is 11.3. The summed E-state index contributed by atoms with van der Waals surface area (Å²) in [6, 6.07) is 8.56. The van der Waals surface area contributed by atoms with Crippen molar-refractivity contribution in [3.63, 3.8) is 0 Å². The molecule has 3 N–H and O–H groups in total. The summed E-state index contributed by atoms with van der Waals surface area (Å²) in [6.07, 6.45) is 0. The summed E-state index contributed by atoms with van der Waals surface area (Å²) in [5.74, 6) is -0.848. The van der Waals surface area contributed by atoms with Crippen molar-refractivity contribution >= 4 is 37.3 Å². The quantitative estimate of drug-likeness (QED) is 0.827. The van der Waals surface area contributed by atoms with Crippen molar-refractivity contribution in [2.45, 2.75) is 11.8 Å². The second-order valence-corrected chi connectivity index (χ2v) is 6.82. The van der Waals surface area contributed by atoms with Crippen molar-refractivity contribution in [2.75, 3.05) is 10.5 Å². The molecule has 0 bridgehead atoms. The number of aryl methyl sites for hydroxylation is 1. The minimum atomic E-state index is -4.03. The summed E-state index contributed by atoms with van der Waals surface area (Å²) in [5.41, 5.74) is 6.78.